The third-order valence-corrected chi connectivity index (χ3v) is 6.42. The number of urea groups is 1. The molecule has 0 saturated carbocycles. The molecular weight excluding hydrogens is 447 g/mol. The van der Waals surface area contributed by atoms with Crippen molar-refractivity contribution < 1.29 is 17.9 Å². The highest BCUT2D eigenvalue weighted by atomic mass is 35.5. The molecule has 6 nitrogen and oxygen atoms in total. The van der Waals surface area contributed by atoms with Crippen LogP contribution in [0.2, 0.25) is 0 Å². The van der Waals surface area contributed by atoms with Gasteiger partial charge in [0.25, 0.3) is 0 Å². The van der Waals surface area contributed by atoms with E-state index >= 15 is 0 Å². The van der Waals surface area contributed by atoms with Gasteiger partial charge in [-0.2, -0.15) is 0 Å². The lowest BCUT2D eigenvalue weighted by Gasteiger charge is -2.10. The molecule has 2 N–H and O–H groups in total. The zero-order valence-electron chi connectivity index (χ0n) is 15.9. The highest BCUT2D eigenvalue weighted by Gasteiger charge is 2.16. The van der Waals surface area contributed by atoms with Crippen LogP contribution in [-0.4, -0.2) is 21.6 Å². The second-order valence-electron chi connectivity index (χ2n) is 6.32. The van der Waals surface area contributed by atoms with Crippen LogP contribution in [0.15, 0.2) is 86.6 Å². The van der Waals surface area contributed by atoms with Crippen LogP contribution in [0.4, 0.5) is 16.2 Å². The Bertz CT molecular complexity index is 1150. The molecule has 1 aliphatic carbocycles. The van der Waals surface area contributed by atoms with Crippen molar-refractivity contribution >= 4 is 50.4 Å². The Balaban J connectivity index is 1.73. The van der Waals surface area contributed by atoms with Gasteiger partial charge in [0.1, 0.15) is 5.75 Å². The van der Waals surface area contributed by atoms with Crippen LogP contribution in [0, 0.1) is 0 Å². The zero-order valence-corrected chi connectivity index (χ0v) is 18.2. The molecule has 0 radical (unpaired) electrons. The molecule has 0 aromatic heterocycles. The van der Waals surface area contributed by atoms with E-state index in [0.29, 0.717) is 34.2 Å². The van der Waals surface area contributed by atoms with Crippen LogP contribution in [0.3, 0.4) is 0 Å². The van der Waals surface area contributed by atoms with Crippen LogP contribution in [0.5, 0.6) is 5.75 Å². The summed E-state index contributed by atoms with van der Waals surface area (Å²) in [5, 5.41) is 7.11. The van der Waals surface area contributed by atoms with Crippen molar-refractivity contribution in [1.82, 2.24) is 0 Å². The predicted octanol–water partition coefficient (Wildman–Crippen LogP) is 5.65. The van der Waals surface area contributed by atoms with E-state index in [0.717, 1.165) is 5.41 Å². The molecule has 0 saturated heterocycles. The average Bonchev–Trinajstić information content (AvgIpc) is 2.71. The fourth-order valence-corrected chi connectivity index (χ4v) is 4.27. The maximum atomic E-state index is 12.7. The smallest absolute Gasteiger partial charge is 0.323 e. The molecule has 1 aliphatic rings. The van der Waals surface area contributed by atoms with Crippen LogP contribution in [0.1, 0.15) is 6.42 Å². The molecule has 0 heterocycles. The van der Waals surface area contributed by atoms with E-state index in [4.69, 9.17) is 27.9 Å². The SMILES string of the molecule is COc1ccc(NC(=O)Nc2cccc(S(=O)(=O)C=C3C=C(Cl)C(Cl)=CC3)c2)cc1. The van der Waals surface area contributed by atoms with Crippen LogP contribution in [-0.2, 0) is 9.84 Å². The number of hydrogen-bond acceptors (Lipinski definition) is 4. The molecule has 156 valence electrons. The molecule has 30 heavy (non-hydrogen) atoms. The Labute approximate surface area is 184 Å². The standard InChI is InChI=1S/C21H18Cl2N2O4S/c1-29-17-8-6-15(7-9-17)24-21(26)25-16-3-2-4-18(12-16)30(27,28)13-14-5-10-19(22)20(23)11-14/h2-4,6-13H,5H2,1H3,(H2,24,25,26). The van der Waals surface area contributed by atoms with Gasteiger partial charge in [-0.05, 0) is 60.5 Å². The zero-order chi connectivity index (χ0) is 21.7. The van der Waals surface area contributed by atoms with Crippen LogP contribution >= 0.6 is 23.2 Å². The molecule has 2 amide bonds. The summed E-state index contributed by atoms with van der Waals surface area (Å²) in [6.45, 7) is 0. The number of carbonyl (C=O) groups excluding carboxylic acids is 1. The van der Waals surface area contributed by atoms with Crippen LogP contribution < -0.4 is 15.4 Å². The Kier molecular flexibility index (Phi) is 6.87. The lowest BCUT2D eigenvalue weighted by molar-refractivity contribution is 0.262. The van der Waals surface area contributed by atoms with Gasteiger partial charge in [-0.3, -0.25) is 0 Å². The maximum Gasteiger partial charge on any atom is 0.323 e. The number of ether oxygens (including phenoxy) is 1. The van der Waals surface area contributed by atoms with Crippen molar-refractivity contribution in [3.63, 3.8) is 0 Å². The monoisotopic (exact) mass is 464 g/mol. The minimum Gasteiger partial charge on any atom is -0.497 e. The molecule has 0 unspecified atom stereocenters. The highest BCUT2D eigenvalue weighted by molar-refractivity contribution is 7.94. The van der Waals surface area contributed by atoms with Gasteiger partial charge < -0.3 is 15.4 Å². The van der Waals surface area contributed by atoms with Gasteiger partial charge >= 0.3 is 6.03 Å². The summed E-state index contributed by atoms with van der Waals surface area (Å²) in [7, 11) is -2.20. The van der Waals surface area contributed by atoms with Crippen molar-refractivity contribution in [3.8, 4) is 5.75 Å². The molecular formula is C21H18Cl2N2O4S. The van der Waals surface area contributed by atoms with Crippen molar-refractivity contribution in [3.05, 3.63) is 81.7 Å². The van der Waals surface area contributed by atoms with Gasteiger partial charge in [0.2, 0.25) is 0 Å². The molecule has 2 aromatic carbocycles. The first-order valence-corrected chi connectivity index (χ1v) is 11.1. The summed E-state index contributed by atoms with van der Waals surface area (Å²) < 4.78 is 30.5. The van der Waals surface area contributed by atoms with Gasteiger partial charge in [0.15, 0.2) is 9.84 Å². The molecule has 0 bridgehead atoms. The molecule has 3 rings (SSSR count). The number of halogens is 2. The van der Waals surface area contributed by atoms with Gasteiger partial charge in [-0.1, -0.05) is 35.3 Å². The topological polar surface area (TPSA) is 84.5 Å². The summed E-state index contributed by atoms with van der Waals surface area (Å²) in [5.74, 6) is 0.667. The minimum atomic E-state index is -3.75. The highest BCUT2D eigenvalue weighted by Crippen LogP contribution is 2.29. The van der Waals surface area contributed by atoms with E-state index in [-0.39, 0.29) is 9.93 Å². The first kappa shape index (κ1) is 22.0. The van der Waals surface area contributed by atoms with Crippen molar-refractivity contribution in [1.29, 1.82) is 0 Å². The summed E-state index contributed by atoms with van der Waals surface area (Å²) in [4.78, 5) is 12.3. The van der Waals surface area contributed by atoms with Crippen molar-refractivity contribution in [2.45, 2.75) is 11.3 Å². The normalized spacial score (nSPS) is 15.2. The van der Waals surface area contributed by atoms with E-state index in [1.54, 1.807) is 49.6 Å². The fraction of sp³-hybridized carbons (Fsp3) is 0.0952. The number of anilines is 2. The molecule has 0 spiro atoms. The van der Waals surface area contributed by atoms with Crippen molar-refractivity contribution in [2.75, 3.05) is 17.7 Å². The van der Waals surface area contributed by atoms with Crippen molar-refractivity contribution in [2.24, 2.45) is 0 Å². The number of sulfone groups is 1. The molecule has 0 atom stereocenters. The first-order valence-electron chi connectivity index (χ1n) is 8.78. The van der Waals surface area contributed by atoms with Crippen LogP contribution in [0.25, 0.3) is 0 Å². The summed E-state index contributed by atoms with van der Waals surface area (Å²) in [5.41, 5.74) is 1.41. The number of rotatable bonds is 5. The second kappa shape index (κ2) is 9.38. The van der Waals surface area contributed by atoms with Gasteiger partial charge in [0, 0.05) is 16.8 Å². The molecule has 9 heteroatoms. The largest absolute Gasteiger partial charge is 0.497 e. The lowest BCUT2D eigenvalue weighted by Crippen LogP contribution is -2.19. The molecule has 2 aromatic rings. The average molecular weight is 465 g/mol. The van der Waals surface area contributed by atoms with Gasteiger partial charge in [-0.25, -0.2) is 13.2 Å². The maximum absolute atomic E-state index is 12.7. The number of benzene rings is 2. The van der Waals surface area contributed by atoms with E-state index in [9.17, 15) is 13.2 Å². The number of hydrogen-bond donors (Lipinski definition) is 2. The summed E-state index contributed by atoms with van der Waals surface area (Å²) in [6.07, 6.45) is 3.52. The first-order chi connectivity index (χ1) is 14.3. The molecule has 0 aliphatic heterocycles. The number of amides is 2. The Hall–Kier alpha value is -2.74. The Morgan fingerprint density at radius 3 is 2.40 bits per heavy atom. The summed E-state index contributed by atoms with van der Waals surface area (Å²) >= 11 is 11.9. The minimum absolute atomic E-state index is 0.0439. The predicted molar refractivity (Wildman–Crippen MR) is 120 cm³/mol. The summed E-state index contributed by atoms with van der Waals surface area (Å²) in [6, 6.07) is 12.3. The third-order valence-electron chi connectivity index (χ3n) is 4.13. The van der Waals surface area contributed by atoms with E-state index in [2.05, 4.69) is 10.6 Å². The fourth-order valence-electron chi connectivity index (χ4n) is 2.66. The number of carbonyl (C=O) groups is 1. The third kappa shape index (κ3) is 5.66. The van der Waals surface area contributed by atoms with E-state index < -0.39 is 15.9 Å². The second-order valence-corrected chi connectivity index (χ2v) is 8.93. The Morgan fingerprint density at radius 2 is 1.73 bits per heavy atom. The van der Waals surface area contributed by atoms with Gasteiger partial charge in [0.05, 0.1) is 22.1 Å². The number of nitrogens with one attached hydrogen (secondary N) is 2. The quantitative estimate of drug-likeness (QED) is 0.598. The van der Waals surface area contributed by atoms with E-state index in [1.165, 1.54) is 18.2 Å². The molecule has 0 fully saturated rings. The lowest BCUT2D eigenvalue weighted by atomic mass is 10.1. The van der Waals surface area contributed by atoms with Gasteiger partial charge in [-0.15, -0.1) is 0 Å². The number of allylic oxidation sites excluding steroid dienone is 5. The van der Waals surface area contributed by atoms with E-state index in [1.807, 2.05) is 0 Å². The number of methoxy groups -OCH3 is 1. The Morgan fingerprint density at radius 1 is 1.03 bits per heavy atom.